The Bertz CT molecular complexity index is 2370. The number of sulfonamides is 1. The molecule has 2 aromatic carbocycles. The standard InChI is InChI=1S/C42H45FN6O8S2/c43-27-13-10-16-30(22-27)59(54,55)48-40(52)42-24-26(42)12-4-2-1-3-5-19-33(46-41(53)57-28-14-6-7-15-28)39(51)49-25-29(23-34(49)37(50)47-42)56-38-36(35-20-11-21-58-35)44-31-17-8-9-18-32(31)45-38/h4,8-13,16-18,20-22,26,28-29,33-34H,1-3,5-7,14-15,19,23-25H2,(H,46,53)(H,47,50)(H,48,52)/b12-4-/t26?,29-,33+,34+,42-/m1/s1. The number of hydrogen-bond acceptors (Lipinski definition) is 11. The van der Waals surface area contributed by atoms with Gasteiger partial charge in [0.25, 0.3) is 15.9 Å². The molecular formula is C42H45FN6O8S2. The van der Waals surface area contributed by atoms with Crippen molar-refractivity contribution >= 4 is 56.2 Å². The maximum atomic E-state index is 14.7. The lowest BCUT2D eigenvalue weighted by atomic mass is 10.0. The highest BCUT2D eigenvalue weighted by molar-refractivity contribution is 7.90. The zero-order valence-electron chi connectivity index (χ0n) is 32.2. The third-order valence-corrected chi connectivity index (χ3v) is 13.6. The van der Waals surface area contributed by atoms with E-state index in [2.05, 4.69) is 15.4 Å². The van der Waals surface area contributed by atoms with Gasteiger partial charge in [0.2, 0.25) is 17.7 Å². The van der Waals surface area contributed by atoms with E-state index in [1.54, 1.807) is 6.08 Å². The largest absolute Gasteiger partial charge is 0.471 e. The van der Waals surface area contributed by atoms with Crippen LogP contribution in [0.5, 0.6) is 5.88 Å². The maximum absolute atomic E-state index is 14.7. The number of carbonyl (C=O) groups is 4. The van der Waals surface area contributed by atoms with Crippen LogP contribution in [0.3, 0.4) is 0 Å². The highest BCUT2D eigenvalue weighted by Crippen LogP contribution is 2.46. The predicted octanol–water partition coefficient (Wildman–Crippen LogP) is 5.78. The number of amides is 4. The van der Waals surface area contributed by atoms with E-state index in [-0.39, 0.29) is 31.4 Å². The topological polar surface area (TPSA) is 186 Å². The first-order valence-corrected chi connectivity index (χ1v) is 22.4. The molecule has 8 rings (SSSR count). The Morgan fingerprint density at radius 2 is 1.71 bits per heavy atom. The zero-order valence-corrected chi connectivity index (χ0v) is 33.8. The van der Waals surface area contributed by atoms with E-state index in [4.69, 9.17) is 19.4 Å². The van der Waals surface area contributed by atoms with Gasteiger partial charge in [-0.15, -0.1) is 11.3 Å². The fourth-order valence-electron chi connectivity index (χ4n) is 8.20. The number of thiophene rings is 1. The van der Waals surface area contributed by atoms with Crippen molar-refractivity contribution in [3.63, 3.8) is 0 Å². The second-order valence-electron chi connectivity index (χ2n) is 15.6. The summed E-state index contributed by atoms with van der Waals surface area (Å²) in [6.07, 6.45) is 8.47. The number of allylic oxidation sites excluding steroid dienone is 1. The van der Waals surface area contributed by atoms with E-state index in [1.165, 1.54) is 22.3 Å². The molecule has 3 N–H and O–H groups in total. The van der Waals surface area contributed by atoms with Gasteiger partial charge in [-0.25, -0.2) is 32.3 Å². The number of nitrogens with one attached hydrogen (secondary N) is 3. The first-order valence-electron chi connectivity index (χ1n) is 20.1. The fraction of sp³-hybridized carbons (Fsp3) is 0.429. The zero-order chi connectivity index (χ0) is 41.1. The van der Waals surface area contributed by atoms with Crippen molar-refractivity contribution in [3.05, 3.63) is 84.0 Å². The normalized spacial score (nSPS) is 25.8. The first-order chi connectivity index (χ1) is 28.5. The molecule has 2 aliphatic heterocycles. The minimum atomic E-state index is -4.53. The molecular weight excluding hydrogens is 800 g/mol. The molecule has 2 saturated carbocycles. The number of fused-ring (bicyclic) bond motifs is 3. The number of para-hydroxylation sites is 2. The van der Waals surface area contributed by atoms with Gasteiger partial charge in [0.15, 0.2) is 0 Å². The number of aromatic nitrogens is 2. The molecule has 1 unspecified atom stereocenters. The summed E-state index contributed by atoms with van der Waals surface area (Å²) in [7, 11) is -4.53. The van der Waals surface area contributed by atoms with Crippen molar-refractivity contribution in [1.29, 1.82) is 0 Å². The highest BCUT2D eigenvalue weighted by Gasteiger charge is 2.61. The van der Waals surface area contributed by atoms with Gasteiger partial charge in [-0.2, -0.15) is 0 Å². The molecule has 17 heteroatoms. The van der Waals surface area contributed by atoms with Crippen LogP contribution in [-0.4, -0.2) is 83.5 Å². The maximum Gasteiger partial charge on any atom is 0.408 e. The molecule has 14 nitrogen and oxygen atoms in total. The van der Waals surface area contributed by atoms with Gasteiger partial charge in [0, 0.05) is 12.3 Å². The number of hydrogen-bond donors (Lipinski definition) is 3. The average Bonchev–Trinajstić information content (AvgIpc) is 3.71. The van der Waals surface area contributed by atoms with Crippen molar-refractivity contribution in [2.75, 3.05) is 6.54 Å². The lowest BCUT2D eigenvalue weighted by Gasteiger charge is -2.30. The van der Waals surface area contributed by atoms with Gasteiger partial charge in [0.05, 0.1) is 27.4 Å². The third kappa shape index (κ3) is 8.95. The molecule has 0 bridgehead atoms. The molecule has 0 spiro atoms. The van der Waals surface area contributed by atoms with Gasteiger partial charge in [0.1, 0.15) is 41.3 Å². The second-order valence-corrected chi connectivity index (χ2v) is 18.2. The molecule has 4 aliphatic rings. The number of nitrogens with zero attached hydrogens (tertiary/aromatic N) is 3. The van der Waals surface area contributed by atoms with Gasteiger partial charge in [-0.05, 0) is 93.1 Å². The van der Waals surface area contributed by atoms with Crippen LogP contribution >= 0.6 is 11.3 Å². The molecule has 3 fully saturated rings. The first kappa shape index (κ1) is 40.4. The molecule has 2 aliphatic carbocycles. The lowest BCUT2D eigenvalue weighted by molar-refractivity contribution is -0.141. The molecule has 1 saturated heterocycles. The van der Waals surface area contributed by atoms with Crippen molar-refractivity contribution in [1.82, 2.24) is 30.2 Å². The number of halogens is 1. The Hall–Kier alpha value is -5.42. The van der Waals surface area contributed by atoms with Gasteiger partial charge in [-0.3, -0.25) is 14.4 Å². The van der Waals surface area contributed by atoms with E-state index < -0.39 is 74.2 Å². The summed E-state index contributed by atoms with van der Waals surface area (Å²) in [6, 6.07) is 13.2. The summed E-state index contributed by atoms with van der Waals surface area (Å²) in [5.41, 5.74) is 0.0615. The SMILES string of the molecule is O=C(N[C@H]1CCCCC/C=C\C2C[C@@]2(C(=O)NS(=O)(=O)c2cccc(F)c2)NC(=O)[C@@H]2C[C@@H](Oc3nc4ccccc4nc3-c3cccs3)CN2C1=O)OC1CCCC1. The van der Waals surface area contributed by atoms with Crippen LogP contribution in [0.15, 0.2) is 83.1 Å². The molecule has 4 heterocycles. The minimum absolute atomic E-state index is 0.0189. The monoisotopic (exact) mass is 844 g/mol. The van der Waals surface area contributed by atoms with E-state index in [0.717, 1.165) is 61.6 Å². The number of rotatable bonds is 8. The Balaban J connectivity index is 1.11. The van der Waals surface area contributed by atoms with Crippen molar-refractivity contribution in [2.24, 2.45) is 5.92 Å². The summed E-state index contributed by atoms with van der Waals surface area (Å²) < 4.78 is 54.9. The summed E-state index contributed by atoms with van der Waals surface area (Å²) in [5, 5.41) is 7.54. The van der Waals surface area contributed by atoms with Gasteiger partial charge in [-0.1, -0.05) is 49.3 Å². The number of carbonyl (C=O) groups excluding carboxylic acids is 4. The van der Waals surface area contributed by atoms with Crippen molar-refractivity contribution in [2.45, 2.75) is 105 Å². The average molecular weight is 845 g/mol. The van der Waals surface area contributed by atoms with Crippen LogP contribution in [-0.2, 0) is 29.1 Å². The smallest absolute Gasteiger partial charge is 0.408 e. The lowest BCUT2D eigenvalue weighted by Crippen LogP contribution is -2.58. The fourth-order valence-corrected chi connectivity index (χ4v) is 9.98. The molecule has 5 atom stereocenters. The van der Waals surface area contributed by atoms with Crippen molar-refractivity contribution < 1.29 is 41.5 Å². The Morgan fingerprint density at radius 1 is 0.932 bits per heavy atom. The van der Waals surface area contributed by atoms with Crippen LogP contribution in [0.2, 0.25) is 0 Å². The van der Waals surface area contributed by atoms with Crippen LogP contribution in [0, 0.1) is 11.7 Å². The van der Waals surface area contributed by atoms with Gasteiger partial charge < -0.3 is 25.0 Å². The molecule has 310 valence electrons. The molecule has 59 heavy (non-hydrogen) atoms. The Labute approximate surface area is 345 Å². The minimum Gasteiger partial charge on any atom is -0.471 e. The van der Waals surface area contributed by atoms with E-state index in [9.17, 15) is 32.0 Å². The summed E-state index contributed by atoms with van der Waals surface area (Å²) in [5.74, 6) is -3.35. The van der Waals surface area contributed by atoms with E-state index in [1.807, 2.05) is 47.9 Å². The van der Waals surface area contributed by atoms with E-state index in [0.29, 0.717) is 36.0 Å². The van der Waals surface area contributed by atoms with E-state index >= 15 is 0 Å². The number of ether oxygens (including phenoxy) is 2. The van der Waals surface area contributed by atoms with Crippen molar-refractivity contribution in [3.8, 4) is 16.5 Å². The number of alkyl carbamates (subject to hydrolysis) is 1. The summed E-state index contributed by atoms with van der Waals surface area (Å²) in [6.45, 7) is -0.0678. The summed E-state index contributed by atoms with van der Waals surface area (Å²) in [4.78, 5) is 67.8. The molecule has 0 radical (unpaired) electrons. The van der Waals surface area contributed by atoms with Crippen LogP contribution in [0.4, 0.5) is 9.18 Å². The predicted molar refractivity (Wildman–Crippen MR) is 216 cm³/mol. The quantitative estimate of drug-likeness (QED) is 0.184. The Morgan fingerprint density at radius 3 is 2.47 bits per heavy atom. The molecule has 4 amide bonds. The van der Waals surface area contributed by atoms with Crippen LogP contribution in [0.25, 0.3) is 21.6 Å². The van der Waals surface area contributed by atoms with Crippen LogP contribution in [0.1, 0.15) is 70.6 Å². The highest BCUT2D eigenvalue weighted by atomic mass is 32.2. The molecule has 2 aromatic heterocycles. The summed E-state index contributed by atoms with van der Waals surface area (Å²) >= 11 is 1.46. The Kier molecular flexibility index (Phi) is 11.7. The second kappa shape index (κ2) is 17.0. The third-order valence-electron chi connectivity index (χ3n) is 11.4. The molecule has 4 aromatic rings. The van der Waals surface area contributed by atoms with Gasteiger partial charge >= 0.3 is 6.09 Å². The van der Waals surface area contributed by atoms with Crippen LogP contribution < -0.4 is 20.1 Å². The number of benzene rings is 2.